The van der Waals surface area contributed by atoms with Crippen LogP contribution in [0.3, 0.4) is 0 Å². The summed E-state index contributed by atoms with van der Waals surface area (Å²) < 4.78 is 5.41. The van der Waals surface area contributed by atoms with E-state index in [1.54, 1.807) is 0 Å². The number of morpholine rings is 1. The highest BCUT2D eigenvalue weighted by atomic mass is 16.5. The molecule has 1 amide bonds. The van der Waals surface area contributed by atoms with Gasteiger partial charge in [0.15, 0.2) is 0 Å². The predicted octanol–water partition coefficient (Wildman–Crippen LogP) is 2.39. The number of carbonyl (C=O) groups excluding carboxylic acids is 1. The van der Waals surface area contributed by atoms with E-state index in [1.165, 1.54) is 11.8 Å². The standard InChI is InChI=1S/C21H22N4O2/c26-21(20-14-22-18-7-3-4-8-19(18)24-20)23-13-16-5-1-2-6-17(16)15-25-9-11-27-12-10-25/h1-8,14H,9-13,15H2,(H,23,26). The second-order valence-corrected chi connectivity index (χ2v) is 6.58. The maximum Gasteiger partial charge on any atom is 0.271 e. The van der Waals surface area contributed by atoms with Crippen molar-refractivity contribution in [1.82, 2.24) is 20.2 Å². The zero-order valence-electron chi connectivity index (χ0n) is 15.1. The van der Waals surface area contributed by atoms with Crippen LogP contribution in [0.25, 0.3) is 11.0 Å². The molecule has 0 atom stereocenters. The van der Waals surface area contributed by atoms with Crippen molar-refractivity contribution in [1.29, 1.82) is 0 Å². The van der Waals surface area contributed by atoms with Gasteiger partial charge in [-0.15, -0.1) is 0 Å². The van der Waals surface area contributed by atoms with E-state index in [1.807, 2.05) is 36.4 Å². The minimum atomic E-state index is -0.213. The molecule has 0 saturated carbocycles. The van der Waals surface area contributed by atoms with E-state index in [9.17, 15) is 4.79 Å². The lowest BCUT2D eigenvalue weighted by Gasteiger charge is -2.27. The molecule has 6 nitrogen and oxygen atoms in total. The Hall–Kier alpha value is -2.83. The summed E-state index contributed by atoms with van der Waals surface area (Å²) in [5.74, 6) is -0.213. The third-order valence-electron chi connectivity index (χ3n) is 4.74. The number of hydrogen-bond donors (Lipinski definition) is 1. The first-order chi connectivity index (χ1) is 13.3. The van der Waals surface area contributed by atoms with Crippen LogP contribution >= 0.6 is 0 Å². The first kappa shape index (κ1) is 17.6. The summed E-state index contributed by atoms with van der Waals surface area (Å²) in [6.07, 6.45) is 1.53. The van der Waals surface area contributed by atoms with Gasteiger partial charge in [0.1, 0.15) is 5.69 Å². The Bertz CT molecular complexity index is 938. The summed E-state index contributed by atoms with van der Waals surface area (Å²) in [7, 11) is 0. The molecule has 1 aliphatic rings. The molecule has 138 valence electrons. The number of rotatable bonds is 5. The molecule has 1 aliphatic heterocycles. The Morgan fingerprint density at radius 3 is 2.52 bits per heavy atom. The number of amides is 1. The molecule has 2 heterocycles. The number of hydrogen-bond acceptors (Lipinski definition) is 5. The topological polar surface area (TPSA) is 67.4 Å². The van der Waals surface area contributed by atoms with Crippen molar-refractivity contribution in [2.24, 2.45) is 0 Å². The second kappa shape index (κ2) is 8.24. The van der Waals surface area contributed by atoms with Crippen LogP contribution in [-0.2, 0) is 17.8 Å². The van der Waals surface area contributed by atoms with Crippen molar-refractivity contribution >= 4 is 16.9 Å². The highest BCUT2D eigenvalue weighted by molar-refractivity contribution is 5.93. The number of benzene rings is 2. The summed E-state index contributed by atoms with van der Waals surface area (Å²) >= 11 is 0. The lowest BCUT2D eigenvalue weighted by molar-refractivity contribution is 0.0340. The fourth-order valence-electron chi connectivity index (χ4n) is 3.22. The molecule has 3 aromatic rings. The zero-order chi connectivity index (χ0) is 18.5. The third kappa shape index (κ3) is 4.30. The quantitative estimate of drug-likeness (QED) is 0.755. The van der Waals surface area contributed by atoms with Crippen molar-refractivity contribution in [2.45, 2.75) is 13.1 Å². The van der Waals surface area contributed by atoms with Crippen LogP contribution in [0.5, 0.6) is 0 Å². The predicted molar refractivity (Wildman–Crippen MR) is 103 cm³/mol. The van der Waals surface area contributed by atoms with Gasteiger partial charge in [0.2, 0.25) is 0 Å². The Morgan fingerprint density at radius 1 is 1.00 bits per heavy atom. The molecule has 6 heteroatoms. The van der Waals surface area contributed by atoms with Crippen molar-refractivity contribution in [3.63, 3.8) is 0 Å². The highest BCUT2D eigenvalue weighted by Crippen LogP contribution is 2.13. The SMILES string of the molecule is O=C(NCc1ccccc1CN1CCOCC1)c1cnc2ccccc2n1. The maximum absolute atomic E-state index is 12.5. The smallest absolute Gasteiger partial charge is 0.271 e. The van der Waals surface area contributed by atoms with Gasteiger partial charge in [-0.1, -0.05) is 36.4 Å². The number of aromatic nitrogens is 2. The minimum Gasteiger partial charge on any atom is -0.379 e. The average molecular weight is 362 g/mol. The van der Waals surface area contributed by atoms with Gasteiger partial charge in [0, 0.05) is 26.2 Å². The van der Waals surface area contributed by atoms with Crippen LogP contribution in [0.1, 0.15) is 21.6 Å². The summed E-state index contributed by atoms with van der Waals surface area (Å²) in [6, 6.07) is 15.7. The molecule has 1 aromatic heterocycles. The average Bonchev–Trinajstić information content (AvgIpc) is 2.73. The van der Waals surface area contributed by atoms with Crippen LogP contribution in [0, 0.1) is 0 Å². The van der Waals surface area contributed by atoms with Gasteiger partial charge in [0.05, 0.1) is 30.4 Å². The van der Waals surface area contributed by atoms with Crippen molar-refractivity contribution in [3.8, 4) is 0 Å². The van der Waals surface area contributed by atoms with Gasteiger partial charge in [-0.05, 0) is 23.3 Å². The molecule has 0 radical (unpaired) electrons. The van der Waals surface area contributed by atoms with E-state index in [-0.39, 0.29) is 5.91 Å². The van der Waals surface area contributed by atoms with Crippen LogP contribution < -0.4 is 5.32 Å². The molecule has 2 aromatic carbocycles. The number of carbonyl (C=O) groups is 1. The third-order valence-corrected chi connectivity index (χ3v) is 4.74. The first-order valence-electron chi connectivity index (χ1n) is 9.16. The zero-order valence-corrected chi connectivity index (χ0v) is 15.1. The summed E-state index contributed by atoms with van der Waals surface area (Å²) in [6.45, 7) is 4.76. The molecular formula is C21H22N4O2. The Balaban J connectivity index is 1.43. The van der Waals surface area contributed by atoms with Crippen molar-refractivity contribution in [3.05, 3.63) is 71.5 Å². The lowest BCUT2D eigenvalue weighted by atomic mass is 10.1. The molecule has 0 unspecified atom stereocenters. The minimum absolute atomic E-state index is 0.213. The Morgan fingerprint density at radius 2 is 1.70 bits per heavy atom. The summed E-state index contributed by atoms with van der Waals surface area (Å²) in [4.78, 5) is 23.6. The van der Waals surface area contributed by atoms with Gasteiger partial charge in [0.25, 0.3) is 5.91 Å². The molecule has 0 spiro atoms. The fraction of sp³-hybridized carbons (Fsp3) is 0.286. The van der Waals surface area contributed by atoms with Crippen LogP contribution in [0.2, 0.25) is 0 Å². The van der Waals surface area contributed by atoms with E-state index in [0.29, 0.717) is 12.2 Å². The van der Waals surface area contributed by atoms with Crippen molar-refractivity contribution in [2.75, 3.05) is 26.3 Å². The van der Waals surface area contributed by atoms with Gasteiger partial charge >= 0.3 is 0 Å². The van der Waals surface area contributed by atoms with E-state index in [0.717, 1.165) is 49.4 Å². The molecule has 1 N–H and O–H groups in total. The van der Waals surface area contributed by atoms with Crippen LogP contribution in [-0.4, -0.2) is 47.1 Å². The van der Waals surface area contributed by atoms with E-state index >= 15 is 0 Å². The van der Waals surface area contributed by atoms with Crippen LogP contribution in [0.4, 0.5) is 0 Å². The largest absolute Gasteiger partial charge is 0.379 e. The number of fused-ring (bicyclic) bond motifs is 1. The molecule has 27 heavy (non-hydrogen) atoms. The van der Waals surface area contributed by atoms with E-state index < -0.39 is 0 Å². The van der Waals surface area contributed by atoms with E-state index in [4.69, 9.17) is 4.74 Å². The van der Waals surface area contributed by atoms with Gasteiger partial charge < -0.3 is 10.1 Å². The number of para-hydroxylation sites is 2. The number of nitrogens with zero attached hydrogens (tertiary/aromatic N) is 3. The monoisotopic (exact) mass is 362 g/mol. The highest BCUT2D eigenvalue weighted by Gasteiger charge is 2.14. The van der Waals surface area contributed by atoms with Crippen molar-refractivity contribution < 1.29 is 9.53 Å². The molecule has 4 rings (SSSR count). The molecule has 0 bridgehead atoms. The lowest BCUT2D eigenvalue weighted by Crippen LogP contribution is -2.36. The second-order valence-electron chi connectivity index (χ2n) is 6.58. The number of ether oxygens (including phenoxy) is 1. The number of nitrogens with one attached hydrogen (secondary N) is 1. The Labute approximate surface area is 158 Å². The molecule has 1 fully saturated rings. The fourth-order valence-corrected chi connectivity index (χ4v) is 3.22. The van der Waals surface area contributed by atoms with Crippen LogP contribution in [0.15, 0.2) is 54.7 Å². The molecule has 0 aliphatic carbocycles. The van der Waals surface area contributed by atoms with Gasteiger partial charge in [-0.2, -0.15) is 0 Å². The first-order valence-corrected chi connectivity index (χ1v) is 9.16. The summed E-state index contributed by atoms with van der Waals surface area (Å²) in [5, 5.41) is 2.97. The van der Waals surface area contributed by atoms with Gasteiger partial charge in [-0.3, -0.25) is 14.7 Å². The Kier molecular flexibility index (Phi) is 5.37. The van der Waals surface area contributed by atoms with E-state index in [2.05, 4.69) is 32.3 Å². The molecular weight excluding hydrogens is 340 g/mol. The maximum atomic E-state index is 12.5. The normalized spacial score (nSPS) is 15.0. The van der Waals surface area contributed by atoms with Gasteiger partial charge in [-0.25, -0.2) is 4.98 Å². The molecule has 1 saturated heterocycles. The summed E-state index contributed by atoms with van der Waals surface area (Å²) in [5.41, 5.74) is 4.18.